The van der Waals surface area contributed by atoms with Gasteiger partial charge in [-0.1, -0.05) is 12.1 Å². The molecule has 0 bridgehead atoms. The summed E-state index contributed by atoms with van der Waals surface area (Å²) in [5.74, 6) is 1.19. The van der Waals surface area contributed by atoms with Crippen molar-refractivity contribution in [3.8, 4) is 22.8 Å². The van der Waals surface area contributed by atoms with E-state index in [1.807, 2.05) is 37.3 Å². The average molecular weight is 310 g/mol. The molecular formula is C18H18N2O3. The molecule has 0 unspecified atom stereocenters. The molecule has 0 aliphatic carbocycles. The van der Waals surface area contributed by atoms with E-state index >= 15 is 0 Å². The van der Waals surface area contributed by atoms with Crippen LogP contribution in [0.3, 0.4) is 0 Å². The highest BCUT2D eigenvalue weighted by atomic mass is 16.5. The molecule has 2 aromatic carbocycles. The molecule has 118 valence electrons. The van der Waals surface area contributed by atoms with E-state index in [1.165, 1.54) is 0 Å². The summed E-state index contributed by atoms with van der Waals surface area (Å²) < 4.78 is 12.3. The molecule has 0 saturated heterocycles. The maximum Gasteiger partial charge on any atom is 0.277 e. The van der Waals surface area contributed by atoms with Gasteiger partial charge in [-0.05, 0) is 37.3 Å². The standard InChI is InChI=1S/C18H18N2O3/c1-4-20-14-8-6-5-7-13(14)19-17(18(20)21)12-9-10-15(22-2)16(11-12)23-3/h5-11H,4H2,1-3H3. The zero-order valence-corrected chi connectivity index (χ0v) is 13.4. The van der Waals surface area contributed by atoms with E-state index in [1.54, 1.807) is 30.9 Å². The van der Waals surface area contributed by atoms with E-state index < -0.39 is 0 Å². The molecule has 0 atom stereocenters. The van der Waals surface area contributed by atoms with Crippen molar-refractivity contribution >= 4 is 11.0 Å². The number of fused-ring (bicyclic) bond motifs is 1. The van der Waals surface area contributed by atoms with Gasteiger partial charge in [0.2, 0.25) is 0 Å². The summed E-state index contributed by atoms with van der Waals surface area (Å²) in [6, 6.07) is 13.0. The van der Waals surface area contributed by atoms with Crippen molar-refractivity contribution in [1.82, 2.24) is 9.55 Å². The second-order valence-electron chi connectivity index (χ2n) is 5.07. The topological polar surface area (TPSA) is 53.4 Å². The largest absolute Gasteiger partial charge is 0.493 e. The normalized spacial score (nSPS) is 10.7. The minimum absolute atomic E-state index is 0.113. The van der Waals surface area contributed by atoms with E-state index in [0.29, 0.717) is 29.3 Å². The quantitative estimate of drug-likeness (QED) is 0.743. The minimum atomic E-state index is -0.113. The van der Waals surface area contributed by atoms with Gasteiger partial charge in [-0.3, -0.25) is 4.79 Å². The molecule has 0 fully saturated rings. The number of nitrogens with zero attached hydrogens (tertiary/aromatic N) is 2. The van der Waals surface area contributed by atoms with Crippen LogP contribution in [0.15, 0.2) is 47.3 Å². The van der Waals surface area contributed by atoms with Gasteiger partial charge in [0.05, 0.1) is 25.3 Å². The molecule has 1 aromatic heterocycles. The number of hydrogen-bond donors (Lipinski definition) is 0. The molecule has 3 aromatic rings. The lowest BCUT2D eigenvalue weighted by Gasteiger charge is -2.12. The Balaban J connectivity index is 2.28. The Hall–Kier alpha value is -2.82. The molecule has 0 N–H and O–H groups in total. The number of methoxy groups -OCH3 is 2. The molecule has 23 heavy (non-hydrogen) atoms. The number of aryl methyl sites for hydroxylation is 1. The van der Waals surface area contributed by atoms with Crippen LogP contribution in [0.4, 0.5) is 0 Å². The van der Waals surface area contributed by atoms with Crippen molar-refractivity contribution < 1.29 is 9.47 Å². The molecule has 1 heterocycles. The number of benzene rings is 2. The Kier molecular flexibility index (Phi) is 4.02. The Morgan fingerprint density at radius 1 is 1.04 bits per heavy atom. The van der Waals surface area contributed by atoms with Gasteiger partial charge in [0, 0.05) is 12.1 Å². The molecule has 0 saturated carbocycles. The summed E-state index contributed by atoms with van der Waals surface area (Å²) in [6.07, 6.45) is 0. The van der Waals surface area contributed by atoms with Gasteiger partial charge in [0.1, 0.15) is 5.69 Å². The Morgan fingerprint density at radius 3 is 2.48 bits per heavy atom. The predicted molar refractivity (Wildman–Crippen MR) is 90.2 cm³/mol. The van der Waals surface area contributed by atoms with Crippen LogP contribution in [-0.4, -0.2) is 23.8 Å². The highest BCUT2D eigenvalue weighted by molar-refractivity contribution is 5.78. The number of para-hydroxylation sites is 2. The summed E-state index contributed by atoms with van der Waals surface area (Å²) in [5.41, 5.74) is 2.63. The van der Waals surface area contributed by atoms with Crippen LogP contribution >= 0.6 is 0 Å². The van der Waals surface area contributed by atoms with Crippen LogP contribution < -0.4 is 15.0 Å². The molecule has 0 amide bonds. The van der Waals surface area contributed by atoms with Crippen LogP contribution in [0.1, 0.15) is 6.92 Å². The first kappa shape index (κ1) is 15.1. The third-order valence-corrected chi connectivity index (χ3v) is 3.83. The lowest BCUT2D eigenvalue weighted by atomic mass is 10.1. The van der Waals surface area contributed by atoms with Crippen LogP contribution in [-0.2, 0) is 6.54 Å². The number of aromatic nitrogens is 2. The maximum atomic E-state index is 12.8. The van der Waals surface area contributed by atoms with Crippen LogP contribution in [0.5, 0.6) is 11.5 Å². The van der Waals surface area contributed by atoms with Gasteiger partial charge in [0.25, 0.3) is 5.56 Å². The summed E-state index contributed by atoms with van der Waals surface area (Å²) in [6.45, 7) is 2.54. The van der Waals surface area contributed by atoms with Crippen molar-refractivity contribution in [1.29, 1.82) is 0 Å². The SMILES string of the molecule is CCn1c(=O)c(-c2ccc(OC)c(OC)c2)nc2ccccc21. The molecule has 0 aliphatic rings. The van der Waals surface area contributed by atoms with E-state index in [0.717, 1.165) is 11.0 Å². The van der Waals surface area contributed by atoms with Crippen LogP contribution in [0.2, 0.25) is 0 Å². The molecule has 5 heteroatoms. The lowest BCUT2D eigenvalue weighted by molar-refractivity contribution is 0.355. The monoisotopic (exact) mass is 310 g/mol. The summed E-state index contributed by atoms with van der Waals surface area (Å²) in [7, 11) is 3.15. The van der Waals surface area contributed by atoms with E-state index in [2.05, 4.69) is 4.98 Å². The summed E-state index contributed by atoms with van der Waals surface area (Å²) in [4.78, 5) is 17.4. The average Bonchev–Trinajstić information content (AvgIpc) is 2.60. The molecule has 5 nitrogen and oxygen atoms in total. The van der Waals surface area contributed by atoms with Crippen molar-refractivity contribution in [2.24, 2.45) is 0 Å². The third kappa shape index (κ3) is 2.54. The van der Waals surface area contributed by atoms with Gasteiger partial charge in [-0.25, -0.2) is 4.98 Å². The first-order valence-electron chi connectivity index (χ1n) is 7.41. The smallest absolute Gasteiger partial charge is 0.277 e. The fourth-order valence-electron chi connectivity index (χ4n) is 2.68. The fourth-order valence-corrected chi connectivity index (χ4v) is 2.68. The second-order valence-corrected chi connectivity index (χ2v) is 5.07. The molecular weight excluding hydrogens is 292 g/mol. The molecule has 3 rings (SSSR count). The first-order chi connectivity index (χ1) is 11.2. The highest BCUT2D eigenvalue weighted by Gasteiger charge is 2.14. The van der Waals surface area contributed by atoms with E-state index in [-0.39, 0.29) is 5.56 Å². The van der Waals surface area contributed by atoms with Crippen molar-refractivity contribution in [3.05, 3.63) is 52.8 Å². The van der Waals surface area contributed by atoms with Crippen molar-refractivity contribution in [2.75, 3.05) is 14.2 Å². The van der Waals surface area contributed by atoms with Gasteiger partial charge in [0.15, 0.2) is 11.5 Å². The highest BCUT2D eigenvalue weighted by Crippen LogP contribution is 2.31. The Labute approximate surface area is 134 Å². The number of ether oxygens (including phenoxy) is 2. The Morgan fingerprint density at radius 2 is 1.78 bits per heavy atom. The number of rotatable bonds is 4. The van der Waals surface area contributed by atoms with E-state index in [9.17, 15) is 4.79 Å². The first-order valence-corrected chi connectivity index (χ1v) is 7.41. The minimum Gasteiger partial charge on any atom is -0.493 e. The van der Waals surface area contributed by atoms with Crippen LogP contribution in [0.25, 0.3) is 22.3 Å². The lowest BCUT2D eigenvalue weighted by Crippen LogP contribution is -2.22. The molecule has 0 aliphatic heterocycles. The van der Waals surface area contributed by atoms with Crippen molar-refractivity contribution in [3.63, 3.8) is 0 Å². The predicted octanol–water partition coefficient (Wildman–Crippen LogP) is 3.10. The summed E-state index contributed by atoms with van der Waals surface area (Å²) in [5, 5.41) is 0. The van der Waals surface area contributed by atoms with Gasteiger partial charge in [-0.2, -0.15) is 0 Å². The van der Waals surface area contributed by atoms with E-state index in [4.69, 9.17) is 9.47 Å². The van der Waals surface area contributed by atoms with Crippen molar-refractivity contribution in [2.45, 2.75) is 13.5 Å². The maximum absolute atomic E-state index is 12.8. The summed E-state index contributed by atoms with van der Waals surface area (Å²) >= 11 is 0. The molecule has 0 radical (unpaired) electrons. The zero-order valence-electron chi connectivity index (χ0n) is 13.4. The number of hydrogen-bond acceptors (Lipinski definition) is 4. The van der Waals surface area contributed by atoms with Gasteiger partial charge in [-0.15, -0.1) is 0 Å². The van der Waals surface area contributed by atoms with Gasteiger partial charge >= 0.3 is 0 Å². The third-order valence-electron chi connectivity index (χ3n) is 3.83. The fraction of sp³-hybridized carbons (Fsp3) is 0.222. The molecule has 0 spiro atoms. The Bertz CT molecular complexity index is 916. The zero-order chi connectivity index (χ0) is 16.4. The second kappa shape index (κ2) is 6.12. The van der Waals surface area contributed by atoms with Gasteiger partial charge < -0.3 is 14.0 Å². The van der Waals surface area contributed by atoms with Crippen LogP contribution in [0, 0.1) is 0 Å².